The average Bonchev–Trinajstić information content (AvgIpc) is 3.58. The molecule has 0 spiro atoms. The molecule has 0 saturated heterocycles. The molecule has 0 aliphatic carbocycles. The van der Waals surface area contributed by atoms with E-state index in [1.165, 1.54) is 190 Å². The van der Waals surface area contributed by atoms with Gasteiger partial charge in [-0.25, -0.2) is 0 Å². The lowest BCUT2D eigenvalue weighted by Crippen LogP contribution is -1.99. The normalized spacial score (nSPS) is 12.3. The fourth-order valence-electron chi connectivity index (χ4n) is 9.01. The quantitative estimate of drug-likeness (QED) is 0.0792. The van der Waals surface area contributed by atoms with E-state index in [-0.39, 0.29) is 0 Å². The molecule has 0 radical (unpaired) electrons. The number of rotatable bonds is 18. The van der Waals surface area contributed by atoms with Gasteiger partial charge in [0, 0.05) is 56.7 Å². The van der Waals surface area contributed by atoms with Crippen molar-refractivity contribution in [1.29, 1.82) is 0 Å². The van der Waals surface area contributed by atoms with Crippen LogP contribution in [0.15, 0.2) is 60.7 Å². The van der Waals surface area contributed by atoms with Gasteiger partial charge in [-0.2, -0.15) is 0 Å². The third-order valence-corrected chi connectivity index (χ3v) is 12.5. The van der Waals surface area contributed by atoms with E-state index in [1.807, 2.05) is 0 Å². The van der Waals surface area contributed by atoms with Crippen molar-refractivity contribution >= 4 is 65.2 Å². The van der Waals surface area contributed by atoms with Gasteiger partial charge in [-0.05, 0) is 121 Å². The molecule has 7 rings (SSSR count). The first-order valence-electron chi connectivity index (χ1n) is 21.2. The molecular formula is C50H64N2. The van der Waals surface area contributed by atoms with E-state index in [2.05, 4.69) is 111 Å². The Labute approximate surface area is 313 Å². The minimum Gasteiger partial charge on any atom is -0.340 e. The van der Waals surface area contributed by atoms with Gasteiger partial charge in [-0.15, -0.1) is 0 Å². The summed E-state index contributed by atoms with van der Waals surface area (Å²) in [5.41, 5.74) is 11.1. The predicted molar refractivity (Wildman–Crippen MR) is 232 cm³/mol. The number of aryl methyl sites for hydroxylation is 6. The molecule has 274 valence electrons. The average molecular weight is 693 g/mol. The van der Waals surface area contributed by atoms with Crippen molar-refractivity contribution in [3.05, 3.63) is 82.9 Å². The maximum atomic E-state index is 2.69. The summed E-state index contributed by atoms with van der Waals surface area (Å²) in [6.45, 7) is 15.8. The van der Waals surface area contributed by atoms with Crippen LogP contribution in [-0.4, -0.2) is 9.13 Å². The molecule has 2 heteroatoms. The van der Waals surface area contributed by atoms with E-state index in [0.29, 0.717) is 0 Å². The first kappa shape index (κ1) is 36.6. The summed E-state index contributed by atoms with van der Waals surface area (Å²) in [6.07, 6.45) is 21.5. The van der Waals surface area contributed by atoms with Crippen LogP contribution >= 0.6 is 0 Å². The maximum Gasteiger partial charge on any atom is 0.0499 e. The van der Waals surface area contributed by atoms with Gasteiger partial charge in [0.1, 0.15) is 0 Å². The van der Waals surface area contributed by atoms with Gasteiger partial charge in [-0.1, -0.05) is 128 Å². The number of hydrogen-bond acceptors (Lipinski definition) is 0. The van der Waals surface area contributed by atoms with Crippen LogP contribution in [0.1, 0.15) is 139 Å². The summed E-state index contributed by atoms with van der Waals surface area (Å²) >= 11 is 0. The van der Waals surface area contributed by atoms with Crippen LogP contribution in [0.2, 0.25) is 0 Å². The summed E-state index contributed by atoms with van der Waals surface area (Å²) in [6, 6.07) is 24.8. The van der Waals surface area contributed by atoms with Gasteiger partial charge in [0.25, 0.3) is 0 Å². The maximum absolute atomic E-state index is 2.69. The lowest BCUT2D eigenvalue weighted by Gasteiger charge is -2.10. The molecule has 2 aromatic heterocycles. The van der Waals surface area contributed by atoms with Crippen LogP contribution in [0.25, 0.3) is 65.2 Å². The highest BCUT2D eigenvalue weighted by Gasteiger charge is 2.19. The molecule has 52 heavy (non-hydrogen) atoms. The highest BCUT2D eigenvalue weighted by atomic mass is 15.0. The zero-order valence-corrected chi connectivity index (χ0v) is 33.4. The van der Waals surface area contributed by atoms with Crippen molar-refractivity contribution < 1.29 is 0 Å². The molecule has 0 atom stereocenters. The molecule has 0 bridgehead atoms. The van der Waals surface area contributed by atoms with E-state index in [4.69, 9.17) is 0 Å². The second kappa shape index (κ2) is 16.5. The third kappa shape index (κ3) is 7.50. The standard InChI is InChI=1S/C50H64N2/c1-7-9-11-13-15-17-19-21-23-51-47-31-41-27-37(5)35(3)25-39(41)29-43(47)45-34-50-46(33-49(45)51)44-30-40-26-36(4)38(6)28-42(40)32-48(44)52(50)24-22-20-18-16-14-12-10-8-2/h25-34H,7-24H2,1-6H3. The van der Waals surface area contributed by atoms with E-state index >= 15 is 0 Å². The first-order valence-corrected chi connectivity index (χ1v) is 21.2. The van der Waals surface area contributed by atoms with E-state index < -0.39 is 0 Å². The molecule has 0 aliphatic rings. The van der Waals surface area contributed by atoms with Crippen molar-refractivity contribution in [2.75, 3.05) is 0 Å². The van der Waals surface area contributed by atoms with Crippen LogP contribution in [0, 0.1) is 27.7 Å². The Hall–Kier alpha value is -3.78. The van der Waals surface area contributed by atoms with Crippen LogP contribution in [0.5, 0.6) is 0 Å². The summed E-state index contributed by atoms with van der Waals surface area (Å²) in [5.74, 6) is 0. The zero-order chi connectivity index (χ0) is 36.2. The molecule has 2 nitrogen and oxygen atoms in total. The molecule has 0 saturated carbocycles. The third-order valence-electron chi connectivity index (χ3n) is 12.5. The minimum absolute atomic E-state index is 1.08. The minimum atomic E-state index is 1.08. The van der Waals surface area contributed by atoms with Crippen LogP contribution in [-0.2, 0) is 13.1 Å². The van der Waals surface area contributed by atoms with Crippen molar-refractivity contribution in [2.24, 2.45) is 0 Å². The van der Waals surface area contributed by atoms with Crippen molar-refractivity contribution in [3.8, 4) is 0 Å². The van der Waals surface area contributed by atoms with E-state index in [9.17, 15) is 0 Å². The number of unbranched alkanes of at least 4 members (excludes halogenated alkanes) is 14. The van der Waals surface area contributed by atoms with Crippen LogP contribution in [0.4, 0.5) is 0 Å². The molecule has 0 N–H and O–H groups in total. The molecule has 5 aromatic carbocycles. The highest BCUT2D eigenvalue weighted by molar-refractivity contribution is 6.21. The second-order valence-corrected chi connectivity index (χ2v) is 16.4. The Bertz CT molecular complexity index is 2160. The SMILES string of the molecule is CCCCCCCCCCn1c2cc3cc(C)c(C)cc3cc2c2cc3c(cc21)c1cc2cc(C)c(C)cc2cc1n3CCCCCCCCCC. The monoisotopic (exact) mass is 693 g/mol. The predicted octanol–water partition coefficient (Wildman–Crippen LogP) is 15.7. The Morgan fingerprint density at radius 2 is 0.577 bits per heavy atom. The Balaban J connectivity index is 1.34. The number of fused-ring (bicyclic) bond motifs is 8. The Kier molecular flexibility index (Phi) is 11.6. The number of benzene rings is 5. The second-order valence-electron chi connectivity index (χ2n) is 16.4. The van der Waals surface area contributed by atoms with Gasteiger partial charge in [0.2, 0.25) is 0 Å². The van der Waals surface area contributed by atoms with Gasteiger partial charge < -0.3 is 9.13 Å². The Morgan fingerprint density at radius 1 is 0.308 bits per heavy atom. The van der Waals surface area contributed by atoms with Gasteiger partial charge in [0.15, 0.2) is 0 Å². The number of aromatic nitrogens is 2. The first-order chi connectivity index (χ1) is 25.4. The molecular weight excluding hydrogens is 629 g/mol. The smallest absolute Gasteiger partial charge is 0.0499 e. The Morgan fingerprint density at radius 3 is 0.923 bits per heavy atom. The van der Waals surface area contributed by atoms with Gasteiger partial charge in [-0.3, -0.25) is 0 Å². The van der Waals surface area contributed by atoms with Crippen LogP contribution in [0.3, 0.4) is 0 Å². The summed E-state index contributed by atoms with van der Waals surface area (Å²) in [4.78, 5) is 0. The van der Waals surface area contributed by atoms with Crippen molar-refractivity contribution in [1.82, 2.24) is 9.13 Å². The molecule has 7 aromatic rings. The van der Waals surface area contributed by atoms with E-state index in [1.54, 1.807) is 0 Å². The highest BCUT2D eigenvalue weighted by Crippen LogP contribution is 2.40. The van der Waals surface area contributed by atoms with Gasteiger partial charge in [0.05, 0.1) is 0 Å². The van der Waals surface area contributed by atoms with Gasteiger partial charge >= 0.3 is 0 Å². The van der Waals surface area contributed by atoms with Crippen molar-refractivity contribution in [2.45, 2.75) is 157 Å². The number of nitrogens with zero attached hydrogens (tertiary/aromatic N) is 2. The molecule has 0 amide bonds. The van der Waals surface area contributed by atoms with Crippen molar-refractivity contribution in [3.63, 3.8) is 0 Å². The lowest BCUT2D eigenvalue weighted by molar-refractivity contribution is 0.552. The van der Waals surface area contributed by atoms with Crippen LogP contribution < -0.4 is 0 Å². The fraction of sp³-hybridized carbons (Fsp3) is 0.480. The van der Waals surface area contributed by atoms with E-state index in [0.717, 1.165) is 13.1 Å². The summed E-state index contributed by atoms with van der Waals surface area (Å²) < 4.78 is 5.37. The fourth-order valence-corrected chi connectivity index (χ4v) is 9.01. The zero-order valence-electron chi connectivity index (χ0n) is 33.4. The largest absolute Gasteiger partial charge is 0.340 e. The topological polar surface area (TPSA) is 9.86 Å². The molecule has 0 unspecified atom stereocenters. The number of hydrogen-bond donors (Lipinski definition) is 0. The summed E-state index contributed by atoms with van der Waals surface area (Å²) in [5, 5.41) is 11.1. The molecule has 0 aliphatic heterocycles. The summed E-state index contributed by atoms with van der Waals surface area (Å²) in [7, 11) is 0. The molecule has 0 fully saturated rings. The lowest BCUT2D eigenvalue weighted by atomic mass is 9.99. The molecule has 2 heterocycles.